The van der Waals surface area contributed by atoms with Crippen LogP contribution in [-0.2, 0) is 38.1 Å². The van der Waals surface area contributed by atoms with E-state index in [4.69, 9.17) is 4.74 Å². The van der Waals surface area contributed by atoms with Crippen molar-refractivity contribution in [3.63, 3.8) is 0 Å². The van der Waals surface area contributed by atoms with Crippen LogP contribution >= 0.6 is 0 Å². The summed E-state index contributed by atoms with van der Waals surface area (Å²) in [5, 5.41) is 0. The summed E-state index contributed by atoms with van der Waals surface area (Å²) in [4.78, 5) is 41.3. The molecule has 0 heterocycles. The van der Waals surface area contributed by atoms with Crippen LogP contribution in [0.2, 0.25) is 0 Å². The van der Waals surface area contributed by atoms with Crippen molar-refractivity contribution < 1.29 is 38.1 Å². The van der Waals surface area contributed by atoms with Crippen molar-refractivity contribution in [3.05, 3.63) is 24.8 Å². The molecule has 0 aromatic carbocycles. The average Bonchev–Trinajstić information content (AvgIpc) is 2.46. The molecule has 0 saturated heterocycles. The largest absolute Gasteiger partial charge is 0.462 e. The smallest absolute Gasteiger partial charge is 0.303 e. The first-order valence-corrected chi connectivity index (χ1v) is 7.03. The molecule has 0 aromatic heterocycles. The Morgan fingerprint density at radius 1 is 0.792 bits per heavy atom. The van der Waals surface area contributed by atoms with Gasteiger partial charge >= 0.3 is 23.9 Å². The first-order chi connectivity index (χ1) is 11.2. The van der Waals surface area contributed by atoms with Crippen molar-refractivity contribution in [2.45, 2.75) is 33.8 Å². The van der Waals surface area contributed by atoms with Gasteiger partial charge in [0.25, 0.3) is 0 Å². The summed E-state index contributed by atoms with van der Waals surface area (Å²) in [7, 11) is 0. The summed E-state index contributed by atoms with van der Waals surface area (Å²) in [6.45, 7) is 9.12. The Morgan fingerprint density at radius 2 is 1.21 bits per heavy atom. The second-order valence-electron chi connectivity index (χ2n) is 4.26. The second kappa shape index (κ2) is 15.3. The topological polar surface area (TPSA) is 105 Å². The zero-order valence-corrected chi connectivity index (χ0v) is 14.4. The van der Waals surface area contributed by atoms with Gasteiger partial charge in [0.1, 0.15) is 19.8 Å². The molecule has 0 aliphatic rings. The zero-order chi connectivity index (χ0) is 19.0. The minimum Gasteiger partial charge on any atom is -0.462 e. The highest BCUT2D eigenvalue weighted by Gasteiger charge is 2.08. The van der Waals surface area contributed by atoms with E-state index in [1.165, 1.54) is 33.8 Å². The molecule has 8 heteroatoms. The Morgan fingerprint density at radius 3 is 1.50 bits per heavy atom. The third kappa shape index (κ3) is 21.7. The summed E-state index contributed by atoms with van der Waals surface area (Å²) in [6, 6.07) is 0. The van der Waals surface area contributed by atoms with Gasteiger partial charge in [0.2, 0.25) is 0 Å². The lowest BCUT2D eigenvalue weighted by molar-refractivity contribution is -0.153. The standard InChI is InChI=1S/2C8H12O4/c1-7(9)11-5-3-4-6-12-8(2)10;1-4-8(12-7(3)10)5-11-6(2)9/h3-4H,5-6H2,1-2H3;4,8H,1,5H2,2-3H3. The first-order valence-electron chi connectivity index (χ1n) is 7.03. The van der Waals surface area contributed by atoms with Gasteiger partial charge in [0.05, 0.1) is 0 Å². The van der Waals surface area contributed by atoms with Gasteiger partial charge < -0.3 is 18.9 Å². The Balaban J connectivity index is 0. The molecule has 0 saturated carbocycles. The maximum atomic E-state index is 10.4. The molecule has 0 rings (SSSR count). The van der Waals surface area contributed by atoms with Crippen LogP contribution in [-0.4, -0.2) is 49.8 Å². The van der Waals surface area contributed by atoms with Crippen molar-refractivity contribution >= 4 is 23.9 Å². The number of ether oxygens (including phenoxy) is 4. The fourth-order valence-corrected chi connectivity index (χ4v) is 1.03. The summed E-state index contributed by atoms with van der Waals surface area (Å²) in [6.07, 6.45) is 4.09. The van der Waals surface area contributed by atoms with Crippen LogP contribution in [0.4, 0.5) is 0 Å². The molecule has 0 amide bonds. The monoisotopic (exact) mass is 344 g/mol. The van der Waals surface area contributed by atoms with Crippen molar-refractivity contribution in [3.8, 4) is 0 Å². The molecule has 0 aliphatic heterocycles. The van der Waals surface area contributed by atoms with Gasteiger partial charge in [-0.2, -0.15) is 0 Å². The number of carbonyl (C=O) groups excluding carboxylic acids is 4. The number of rotatable bonds is 8. The van der Waals surface area contributed by atoms with Crippen molar-refractivity contribution in [2.75, 3.05) is 19.8 Å². The maximum Gasteiger partial charge on any atom is 0.303 e. The van der Waals surface area contributed by atoms with Crippen molar-refractivity contribution in [1.29, 1.82) is 0 Å². The van der Waals surface area contributed by atoms with Crippen molar-refractivity contribution in [1.82, 2.24) is 0 Å². The Kier molecular flexibility index (Phi) is 15.0. The lowest BCUT2D eigenvalue weighted by Gasteiger charge is -2.11. The average molecular weight is 344 g/mol. The predicted octanol–water partition coefficient (Wildman–Crippen LogP) is 1.34. The molecule has 136 valence electrons. The third-order valence-corrected chi connectivity index (χ3v) is 1.96. The fourth-order valence-electron chi connectivity index (χ4n) is 1.03. The van der Waals surface area contributed by atoms with E-state index in [1.807, 2.05) is 0 Å². The highest BCUT2D eigenvalue weighted by molar-refractivity contribution is 5.67. The number of carbonyl (C=O) groups is 4. The van der Waals surface area contributed by atoms with Crippen LogP contribution < -0.4 is 0 Å². The number of esters is 4. The summed E-state index contributed by atoms with van der Waals surface area (Å²) in [5.41, 5.74) is 0. The Labute approximate surface area is 141 Å². The van der Waals surface area contributed by atoms with Crippen molar-refractivity contribution in [2.24, 2.45) is 0 Å². The molecule has 0 radical (unpaired) electrons. The van der Waals surface area contributed by atoms with Crippen LogP contribution in [0, 0.1) is 0 Å². The van der Waals surface area contributed by atoms with E-state index in [0.717, 1.165) is 0 Å². The van der Waals surface area contributed by atoms with Gasteiger partial charge in [0, 0.05) is 27.7 Å². The highest BCUT2D eigenvalue weighted by Crippen LogP contribution is 1.95. The van der Waals surface area contributed by atoms with E-state index in [1.54, 1.807) is 12.2 Å². The quantitative estimate of drug-likeness (QED) is 0.369. The zero-order valence-electron chi connectivity index (χ0n) is 14.4. The van der Waals surface area contributed by atoms with Gasteiger partial charge in [-0.1, -0.05) is 6.58 Å². The van der Waals surface area contributed by atoms with E-state index < -0.39 is 18.0 Å². The van der Waals surface area contributed by atoms with Gasteiger partial charge in [-0.05, 0) is 18.2 Å². The summed E-state index contributed by atoms with van der Waals surface area (Å²) >= 11 is 0. The lowest BCUT2D eigenvalue weighted by Crippen LogP contribution is -2.21. The first kappa shape index (κ1) is 23.6. The lowest BCUT2D eigenvalue weighted by atomic mass is 10.4. The number of hydrogen-bond donors (Lipinski definition) is 0. The molecule has 0 N–H and O–H groups in total. The third-order valence-electron chi connectivity index (χ3n) is 1.96. The number of hydrogen-bond acceptors (Lipinski definition) is 8. The summed E-state index contributed by atoms with van der Waals surface area (Å²) < 4.78 is 18.5. The molecular weight excluding hydrogens is 320 g/mol. The van der Waals surface area contributed by atoms with E-state index in [-0.39, 0.29) is 31.8 Å². The van der Waals surface area contributed by atoms with Crippen LogP contribution in [0.25, 0.3) is 0 Å². The molecular formula is C16H24O8. The Hall–Kier alpha value is -2.64. The normalized spacial score (nSPS) is 10.7. The van der Waals surface area contributed by atoms with Crippen LogP contribution in [0.5, 0.6) is 0 Å². The molecule has 8 nitrogen and oxygen atoms in total. The van der Waals surface area contributed by atoms with Gasteiger partial charge in [-0.3, -0.25) is 19.2 Å². The maximum absolute atomic E-state index is 10.4. The Bertz CT molecular complexity index is 433. The van der Waals surface area contributed by atoms with Crippen LogP contribution in [0.1, 0.15) is 27.7 Å². The predicted molar refractivity (Wildman–Crippen MR) is 84.8 cm³/mol. The van der Waals surface area contributed by atoms with Crippen LogP contribution in [0.3, 0.4) is 0 Å². The minimum atomic E-state index is -0.550. The molecule has 0 aromatic rings. The molecule has 0 spiro atoms. The molecule has 1 unspecified atom stereocenters. The summed E-state index contributed by atoms with van der Waals surface area (Å²) in [5.74, 6) is -1.49. The van der Waals surface area contributed by atoms with E-state index in [0.29, 0.717) is 0 Å². The van der Waals surface area contributed by atoms with Gasteiger partial charge in [-0.15, -0.1) is 0 Å². The fraction of sp³-hybridized carbons (Fsp3) is 0.500. The van der Waals surface area contributed by atoms with Gasteiger partial charge in [0.15, 0.2) is 6.10 Å². The van der Waals surface area contributed by atoms with Gasteiger partial charge in [-0.25, -0.2) is 0 Å². The molecule has 1 atom stereocenters. The van der Waals surface area contributed by atoms with E-state index in [9.17, 15) is 19.2 Å². The molecule has 24 heavy (non-hydrogen) atoms. The SMILES string of the molecule is C=CC(COC(C)=O)OC(C)=O.CC(=O)OCC=CCOC(C)=O. The minimum absolute atomic E-state index is 0.0262. The van der Waals surface area contributed by atoms with E-state index >= 15 is 0 Å². The van der Waals surface area contributed by atoms with Crippen LogP contribution in [0.15, 0.2) is 24.8 Å². The van der Waals surface area contributed by atoms with E-state index in [2.05, 4.69) is 20.8 Å². The highest BCUT2D eigenvalue weighted by atomic mass is 16.6. The molecule has 0 aliphatic carbocycles. The molecule has 0 fully saturated rings. The molecule has 0 bridgehead atoms. The second-order valence-corrected chi connectivity index (χ2v) is 4.26.